The van der Waals surface area contributed by atoms with E-state index in [0.29, 0.717) is 29.5 Å². The minimum absolute atomic E-state index is 0.137. The van der Waals surface area contributed by atoms with Crippen molar-refractivity contribution in [3.8, 4) is 5.75 Å². The maximum absolute atomic E-state index is 11.4. The Labute approximate surface area is 107 Å². The second-order valence-corrected chi connectivity index (χ2v) is 4.90. The van der Waals surface area contributed by atoms with Crippen molar-refractivity contribution in [2.75, 3.05) is 6.54 Å². The molecule has 0 aliphatic heterocycles. The van der Waals surface area contributed by atoms with E-state index in [4.69, 9.17) is 16.2 Å². The number of amides is 1. The fourth-order valence-corrected chi connectivity index (χ4v) is 2.33. The Morgan fingerprint density at radius 1 is 1.50 bits per heavy atom. The summed E-state index contributed by atoms with van der Waals surface area (Å²) in [5.74, 6) is 0.591. The van der Waals surface area contributed by atoms with Gasteiger partial charge in [0.25, 0.3) is 5.91 Å². The Morgan fingerprint density at radius 3 is 2.72 bits per heavy atom. The van der Waals surface area contributed by atoms with Gasteiger partial charge >= 0.3 is 0 Å². The van der Waals surface area contributed by atoms with Gasteiger partial charge in [-0.1, -0.05) is 0 Å². The average molecular weight is 249 g/mol. The van der Waals surface area contributed by atoms with Crippen molar-refractivity contribution in [3.63, 3.8) is 0 Å². The lowest BCUT2D eigenvalue weighted by Crippen LogP contribution is -2.38. The van der Waals surface area contributed by atoms with Crippen LogP contribution < -0.4 is 16.2 Å². The first kappa shape index (κ1) is 12.8. The maximum atomic E-state index is 11.4. The number of pyridine rings is 1. The van der Waals surface area contributed by atoms with Crippen molar-refractivity contribution in [3.05, 3.63) is 23.0 Å². The van der Waals surface area contributed by atoms with E-state index in [1.165, 1.54) is 0 Å². The molecule has 1 saturated carbocycles. The largest absolute Gasteiger partial charge is 0.489 e. The first-order valence-electron chi connectivity index (χ1n) is 6.16. The summed E-state index contributed by atoms with van der Waals surface area (Å²) in [4.78, 5) is 15.7. The molecule has 0 bridgehead atoms. The molecule has 4 N–H and O–H groups in total. The second kappa shape index (κ2) is 4.94. The van der Waals surface area contributed by atoms with Crippen molar-refractivity contribution in [1.82, 2.24) is 4.98 Å². The molecule has 98 valence electrons. The maximum Gasteiger partial charge on any atom is 0.254 e. The monoisotopic (exact) mass is 249 g/mol. The lowest BCUT2D eigenvalue weighted by molar-refractivity contribution is 0.0672. The van der Waals surface area contributed by atoms with Crippen LogP contribution in [0.1, 0.15) is 34.6 Å². The third kappa shape index (κ3) is 2.46. The predicted octanol–water partition coefficient (Wildman–Crippen LogP) is 0.913. The van der Waals surface area contributed by atoms with Gasteiger partial charge in [-0.2, -0.15) is 0 Å². The molecular formula is C13H19N3O2. The smallest absolute Gasteiger partial charge is 0.254 e. The second-order valence-electron chi connectivity index (χ2n) is 4.90. The van der Waals surface area contributed by atoms with Crippen LogP contribution in [-0.4, -0.2) is 23.5 Å². The molecule has 0 radical (unpaired) electrons. The van der Waals surface area contributed by atoms with Crippen molar-refractivity contribution in [2.45, 2.75) is 32.8 Å². The Balaban J connectivity index is 2.19. The van der Waals surface area contributed by atoms with Gasteiger partial charge in [-0.15, -0.1) is 0 Å². The minimum atomic E-state index is -0.496. The summed E-state index contributed by atoms with van der Waals surface area (Å²) >= 11 is 0. The van der Waals surface area contributed by atoms with Crippen molar-refractivity contribution in [2.24, 2.45) is 17.4 Å². The molecule has 18 heavy (non-hydrogen) atoms. The molecule has 5 heteroatoms. The molecule has 1 aliphatic carbocycles. The number of nitrogens with two attached hydrogens (primary N) is 2. The molecule has 1 aromatic heterocycles. The SMILES string of the molecule is Cc1cc(OC2CC(CN)C2)c(C(N)=O)c(C)n1. The Kier molecular flexibility index (Phi) is 3.52. The highest BCUT2D eigenvalue weighted by Gasteiger charge is 2.30. The zero-order valence-corrected chi connectivity index (χ0v) is 10.8. The van der Waals surface area contributed by atoms with E-state index in [2.05, 4.69) is 4.98 Å². The lowest BCUT2D eigenvalue weighted by Gasteiger charge is -2.35. The highest BCUT2D eigenvalue weighted by Crippen LogP contribution is 2.32. The van der Waals surface area contributed by atoms with E-state index >= 15 is 0 Å². The number of hydrogen-bond donors (Lipinski definition) is 2. The Morgan fingerprint density at radius 2 is 2.17 bits per heavy atom. The molecule has 0 spiro atoms. The molecule has 0 aromatic carbocycles. The molecule has 1 aliphatic rings. The normalized spacial score (nSPS) is 22.4. The Bertz CT molecular complexity index is 468. The summed E-state index contributed by atoms with van der Waals surface area (Å²) in [5.41, 5.74) is 12.8. The van der Waals surface area contributed by atoms with Gasteiger partial charge in [-0.25, -0.2) is 0 Å². The number of aromatic nitrogens is 1. The number of ether oxygens (including phenoxy) is 1. The van der Waals surface area contributed by atoms with Gasteiger partial charge < -0.3 is 16.2 Å². The third-order valence-electron chi connectivity index (χ3n) is 3.36. The van der Waals surface area contributed by atoms with Crippen LogP contribution >= 0.6 is 0 Å². The number of primary amides is 1. The van der Waals surface area contributed by atoms with E-state index in [9.17, 15) is 4.79 Å². The van der Waals surface area contributed by atoms with Gasteiger partial charge in [0.05, 0.1) is 11.8 Å². The summed E-state index contributed by atoms with van der Waals surface area (Å²) in [7, 11) is 0. The van der Waals surface area contributed by atoms with Crippen LogP contribution in [0, 0.1) is 19.8 Å². The number of carbonyl (C=O) groups is 1. The van der Waals surface area contributed by atoms with Gasteiger partial charge in [0.15, 0.2) is 0 Å². The zero-order valence-electron chi connectivity index (χ0n) is 10.8. The topological polar surface area (TPSA) is 91.2 Å². The first-order valence-corrected chi connectivity index (χ1v) is 6.16. The molecule has 0 unspecified atom stereocenters. The van der Waals surface area contributed by atoms with Gasteiger partial charge in [0, 0.05) is 11.8 Å². The molecule has 1 fully saturated rings. The van der Waals surface area contributed by atoms with E-state index in [0.717, 1.165) is 18.5 Å². The predicted molar refractivity (Wildman–Crippen MR) is 68.4 cm³/mol. The van der Waals surface area contributed by atoms with Crippen LogP contribution in [0.25, 0.3) is 0 Å². The highest BCUT2D eigenvalue weighted by molar-refractivity contribution is 5.96. The van der Waals surface area contributed by atoms with Crippen LogP contribution in [0.5, 0.6) is 5.75 Å². The van der Waals surface area contributed by atoms with E-state index in [1.807, 2.05) is 6.92 Å². The van der Waals surface area contributed by atoms with E-state index in [1.54, 1.807) is 13.0 Å². The van der Waals surface area contributed by atoms with Crippen LogP contribution in [0.15, 0.2) is 6.07 Å². The molecule has 0 atom stereocenters. The summed E-state index contributed by atoms with van der Waals surface area (Å²) in [6, 6.07) is 1.77. The van der Waals surface area contributed by atoms with Crippen molar-refractivity contribution < 1.29 is 9.53 Å². The number of hydrogen-bond acceptors (Lipinski definition) is 4. The van der Waals surface area contributed by atoms with Crippen LogP contribution in [0.4, 0.5) is 0 Å². The number of rotatable bonds is 4. The molecule has 1 heterocycles. The number of nitrogens with zero attached hydrogens (tertiary/aromatic N) is 1. The zero-order chi connectivity index (χ0) is 13.3. The summed E-state index contributed by atoms with van der Waals surface area (Å²) in [5, 5.41) is 0. The number of aryl methyl sites for hydroxylation is 2. The van der Waals surface area contributed by atoms with Gasteiger partial charge in [-0.05, 0) is 39.2 Å². The van der Waals surface area contributed by atoms with E-state index in [-0.39, 0.29) is 6.10 Å². The first-order chi connectivity index (χ1) is 8.51. The molecule has 5 nitrogen and oxygen atoms in total. The minimum Gasteiger partial charge on any atom is -0.489 e. The standard InChI is InChI=1S/C13H19N3O2/c1-7-3-11(12(13(15)17)8(2)16-7)18-10-4-9(5-10)6-14/h3,9-10H,4-6,14H2,1-2H3,(H2,15,17). The molecular weight excluding hydrogens is 230 g/mol. The van der Waals surface area contributed by atoms with Crippen molar-refractivity contribution in [1.29, 1.82) is 0 Å². The van der Waals surface area contributed by atoms with E-state index < -0.39 is 5.91 Å². The van der Waals surface area contributed by atoms with Crippen LogP contribution in [-0.2, 0) is 0 Å². The third-order valence-corrected chi connectivity index (χ3v) is 3.36. The van der Waals surface area contributed by atoms with Gasteiger partial charge in [0.2, 0.25) is 0 Å². The summed E-state index contributed by atoms with van der Waals surface area (Å²) in [6.07, 6.45) is 2.02. The molecule has 2 rings (SSSR count). The number of carbonyl (C=O) groups excluding carboxylic acids is 1. The van der Waals surface area contributed by atoms with Crippen LogP contribution in [0.3, 0.4) is 0 Å². The highest BCUT2D eigenvalue weighted by atomic mass is 16.5. The lowest BCUT2D eigenvalue weighted by atomic mass is 9.82. The molecule has 1 aromatic rings. The Hall–Kier alpha value is -1.62. The quantitative estimate of drug-likeness (QED) is 0.829. The fraction of sp³-hybridized carbons (Fsp3) is 0.538. The molecule has 0 saturated heterocycles. The van der Waals surface area contributed by atoms with Gasteiger partial charge in [-0.3, -0.25) is 9.78 Å². The van der Waals surface area contributed by atoms with Crippen molar-refractivity contribution >= 4 is 5.91 Å². The summed E-state index contributed by atoms with van der Waals surface area (Å²) < 4.78 is 5.84. The van der Waals surface area contributed by atoms with Gasteiger partial charge in [0.1, 0.15) is 11.3 Å². The van der Waals surface area contributed by atoms with Crippen LogP contribution in [0.2, 0.25) is 0 Å². The molecule has 1 amide bonds. The summed E-state index contributed by atoms with van der Waals surface area (Å²) in [6.45, 7) is 4.33. The fourth-order valence-electron chi connectivity index (χ4n) is 2.33. The average Bonchev–Trinajstić information content (AvgIpc) is 2.20.